The minimum Gasteiger partial charge on any atom is -0.872 e. The molecule has 5 nitrogen and oxygen atoms in total. The second kappa shape index (κ2) is 9.32. The van der Waals surface area contributed by atoms with E-state index in [1.165, 1.54) is 6.07 Å². The Morgan fingerprint density at radius 3 is 1.65 bits per heavy atom. The molecular weight excluding hydrogens is 459 g/mol. The predicted molar refractivity (Wildman–Crippen MR) is 124 cm³/mol. The standard InChI is InChI=1S/C27H30O5S.Na/c1-15(2)19-13-22(17(5)11-24(19)28)27(21-9-7-8-10-26(21)33(30,31)32-27)23-14-20(16(3)4)25(29)12-18(23)6;/h7-16,28-29H,1-6H3;/q;+1/p-2. The van der Waals surface area contributed by atoms with E-state index in [9.17, 15) is 18.6 Å². The summed E-state index contributed by atoms with van der Waals surface area (Å²) in [5, 5.41) is 25.4. The molecule has 0 spiro atoms. The molecule has 3 aromatic rings. The van der Waals surface area contributed by atoms with Crippen LogP contribution < -0.4 is 39.8 Å². The third-order valence-corrected chi connectivity index (χ3v) is 7.85. The van der Waals surface area contributed by atoms with Crippen LogP contribution in [-0.4, -0.2) is 8.42 Å². The summed E-state index contributed by atoms with van der Waals surface area (Å²) in [5.74, 6) is -0.299. The first-order chi connectivity index (χ1) is 15.4. The summed E-state index contributed by atoms with van der Waals surface area (Å²) < 4.78 is 32.6. The fourth-order valence-corrected chi connectivity index (χ4v) is 6.23. The van der Waals surface area contributed by atoms with Gasteiger partial charge in [-0.1, -0.05) is 81.3 Å². The molecule has 3 aromatic carbocycles. The summed E-state index contributed by atoms with van der Waals surface area (Å²) in [6.45, 7) is 11.3. The van der Waals surface area contributed by atoms with Crippen LogP contribution in [0.25, 0.3) is 0 Å². The van der Waals surface area contributed by atoms with Crippen LogP contribution in [-0.2, 0) is 19.9 Å². The Bertz CT molecular complexity index is 1300. The van der Waals surface area contributed by atoms with Crippen molar-refractivity contribution in [2.24, 2.45) is 0 Å². The molecule has 0 aromatic heterocycles. The zero-order valence-electron chi connectivity index (χ0n) is 20.7. The van der Waals surface area contributed by atoms with Crippen molar-refractivity contribution < 1.29 is 52.4 Å². The smallest absolute Gasteiger partial charge is 0.872 e. The molecule has 4 rings (SSSR count). The molecule has 0 unspecified atom stereocenters. The quantitative estimate of drug-likeness (QED) is 0.413. The maximum atomic E-state index is 13.3. The summed E-state index contributed by atoms with van der Waals surface area (Å²) in [7, 11) is -4.09. The van der Waals surface area contributed by atoms with Gasteiger partial charge in [-0.2, -0.15) is 8.42 Å². The van der Waals surface area contributed by atoms with Gasteiger partial charge in [-0.25, -0.2) is 4.18 Å². The normalized spacial score (nSPS) is 15.9. The van der Waals surface area contributed by atoms with E-state index in [1.807, 2.05) is 27.7 Å². The summed E-state index contributed by atoms with van der Waals surface area (Å²) in [4.78, 5) is 0.0957. The van der Waals surface area contributed by atoms with Crippen LogP contribution in [0.5, 0.6) is 11.5 Å². The zero-order chi connectivity index (χ0) is 24.3. The molecule has 0 N–H and O–H groups in total. The van der Waals surface area contributed by atoms with Gasteiger partial charge in [0, 0.05) is 5.56 Å². The topological polar surface area (TPSA) is 89.5 Å². The van der Waals surface area contributed by atoms with Crippen LogP contribution >= 0.6 is 0 Å². The maximum Gasteiger partial charge on any atom is 1.00 e. The van der Waals surface area contributed by atoms with Gasteiger partial charge < -0.3 is 10.2 Å². The molecule has 0 fully saturated rings. The third kappa shape index (κ3) is 4.10. The van der Waals surface area contributed by atoms with Crippen molar-refractivity contribution in [2.75, 3.05) is 0 Å². The Hall–Kier alpha value is -1.83. The number of hydrogen-bond donors (Lipinski definition) is 0. The van der Waals surface area contributed by atoms with Crippen molar-refractivity contribution in [1.29, 1.82) is 0 Å². The van der Waals surface area contributed by atoms with E-state index < -0.39 is 15.7 Å². The van der Waals surface area contributed by atoms with E-state index in [0.29, 0.717) is 38.9 Å². The van der Waals surface area contributed by atoms with Gasteiger partial charge in [0.15, 0.2) is 5.60 Å². The largest absolute Gasteiger partial charge is 1.00 e. The van der Waals surface area contributed by atoms with E-state index in [1.54, 1.807) is 56.3 Å². The number of benzene rings is 3. The Morgan fingerprint density at radius 2 is 1.21 bits per heavy atom. The van der Waals surface area contributed by atoms with Crippen molar-refractivity contribution in [3.63, 3.8) is 0 Å². The summed E-state index contributed by atoms with van der Waals surface area (Å²) in [6, 6.07) is 13.4. The first-order valence-electron chi connectivity index (χ1n) is 11.1. The molecule has 0 aliphatic carbocycles. The minimum atomic E-state index is -4.09. The van der Waals surface area contributed by atoms with E-state index >= 15 is 0 Å². The molecule has 0 radical (unpaired) electrons. The molecule has 7 heteroatoms. The second-order valence-electron chi connectivity index (χ2n) is 9.43. The van der Waals surface area contributed by atoms with E-state index in [2.05, 4.69) is 0 Å². The molecule has 0 saturated carbocycles. The zero-order valence-corrected chi connectivity index (χ0v) is 23.5. The fourth-order valence-electron chi connectivity index (χ4n) is 4.81. The van der Waals surface area contributed by atoms with Crippen LogP contribution in [0, 0.1) is 13.8 Å². The Kier molecular flexibility index (Phi) is 7.34. The average molecular weight is 488 g/mol. The summed E-state index contributed by atoms with van der Waals surface area (Å²) >= 11 is 0. The van der Waals surface area contributed by atoms with Crippen molar-refractivity contribution in [1.82, 2.24) is 0 Å². The van der Waals surface area contributed by atoms with E-state index in [-0.39, 0.29) is 57.8 Å². The van der Waals surface area contributed by atoms with Gasteiger partial charge in [0.2, 0.25) is 0 Å². The Labute approximate surface area is 224 Å². The Balaban J connectivity index is 0.00000324. The van der Waals surface area contributed by atoms with Gasteiger partial charge in [0.1, 0.15) is 4.90 Å². The molecular formula is C27H28NaO5S-. The monoisotopic (exact) mass is 487 g/mol. The molecule has 1 aliphatic rings. The SMILES string of the molecule is Cc1cc([O-])c(C(C)C)cc1C1(c2cc(C(C)C)c([O-])cc2C)OS(=O)(=O)c2ccccc21.[Na+]. The van der Waals surface area contributed by atoms with Crippen LogP contribution in [0.2, 0.25) is 0 Å². The third-order valence-electron chi connectivity index (χ3n) is 6.49. The Morgan fingerprint density at radius 1 is 0.765 bits per heavy atom. The fraction of sp³-hybridized carbons (Fsp3) is 0.333. The summed E-state index contributed by atoms with van der Waals surface area (Å²) in [5.41, 5.74) is 2.61. The van der Waals surface area contributed by atoms with Gasteiger partial charge in [-0.15, -0.1) is 11.5 Å². The number of hydrogen-bond acceptors (Lipinski definition) is 5. The average Bonchev–Trinajstić information content (AvgIpc) is 2.96. The van der Waals surface area contributed by atoms with Crippen LogP contribution in [0.15, 0.2) is 53.4 Å². The molecule has 1 aliphatic heterocycles. The van der Waals surface area contributed by atoms with Gasteiger partial charge >= 0.3 is 29.6 Å². The number of aryl methyl sites for hydroxylation is 2. The van der Waals surface area contributed by atoms with Crippen molar-refractivity contribution in [3.05, 3.63) is 87.5 Å². The number of rotatable bonds is 4. The van der Waals surface area contributed by atoms with Gasteiger partial charge in [-0.3, -0.25) is 0 Å². The number of fused-ring (bicyclic) bond motifs is 1. The van der Waals surface area contributed by atoms with Crippen LogP contribution in [0.3, 0.4) is 0 Å². The van der Waals surface area contributed by atoms with Gasteiger partial charge in [0.05, 0.1) is 0 Å². The maximum absolute atomic E-state index is 13.3. The molecule has 1 heterocycles. The molecule has 0 bridgehead atoms. The minimum absolute atomic E-state index is 0. The molecule has 0 saturated heterocycles. The van der Waals surface area contributed by atoms with Crippen molar-refractivity contribution in [2.45, 2.75) is 63.9 Å². The van der Waals surface area contributed by atoms with E-state index in [4.69, 9.17) is 4.18 Å². The van der Waals surface area contributed by atoms with Crippen LogP contribution in [0.4, 0.5) is 0 Å². The molecule has 0 atom stereocenters. The van der Waals surface area contributed by atoms with Crippen molar-refractivity contribution in [3.8, 4) is 11.5 Å². The first kappa shape index (κ1) is 26.8. The second-order valence-corrected chi connectivity index (χ2v) is 10.9. The van der Waals surface area contributed by atoms with Crippen LogP contribution in [0.1, 0.15) is 78.5 Å². The van der Waals surface area contributed by atoms with Gasteiger partial charge in [0.25, 0.3) is 10.1 Å². The van der Waals surface area contributed by atoms with E-state index in [0.717, 1.165) is 0 Å². The molecule has 174 valence electrons. The first-order valence-corrected chi connectivity index (χ1v) is 12.5. The molecule has 0 amide bonds. The molecule has 34 heavy (non-hydrogen) atoms. The predicted octanol–water partition coefficient (Wildman–Crippen LogP) is 1.71. The van der Waals surface area contributed by atoms with Crippen molar-refractivity contribution >= 4 is 10.1 Å². The summed E-state index contributed by atoms with van der Waals surface area (Å²) in [6.07, 6.45) is 0. The van der Waals surface area contributed by atoms with Gasteiger partial charge in [-0.05, 0) is 54.0 Å².